The van der Waals surface area contributed by atoms with Crippen LogP contribution in [0.15, 0.2) is 23.2 Å². The minimum Gasteiger partial charge on any atom is -0.330 e. The Balaban J connectivity index is 2.83. The lowest BCUT2D eigenvalue weighted by atomic mass is 10.3. The molecule has 2 N–H and O–H groups in total. The number of pyridine rings is 1. The van der Waals surface area contributed by atoms with Gasteiger partial charge in [0.15, 0.2) is 0 Å². The molecule has 0 saturated carbocycles. The van der Waals surface area contributed by atoms with Gasteiger partial charge in [-0.3, -0.25) is 4.98 Å². The van der Waals surface area contributed by atoms with Crippen LogP contribution in [0, 0.1) is 0 Å². The van der Waals surface area contributed by atoms with Gasteiger partial charge >= 0.3 is 0 Å². The van der Waals surface area contributed by atoms with E-state index >= 15 is 0 Å². The van der Waals surface area contributed by atoms with Gasteiger partial charge < -0.3 is 5.73 Å². The highest BCUT2D eigenvalue weighted by molar-refractivity contribution is 8.68. The predicted molar refractivity (Wildman–Crippen MR) is 50.4 cm³/mol. The molecule has 0 aliphatic carbocycles. The minimum absolute atomic E-state index is 0.625. The number of nitrogens with zero attached hydrogens (tertiary/aromatic N) is 1. The summed E-state index contributed by atoms with van der Waals surface area (Å²) in [7, 11) is 1.30. The van der Waals surface area contributed by atoms with Crippen LogP contribution in [0.1, 0.15) is 5.69 Å². The van der Waals surface area contributed by atoms with E-state index in [2.05, 4.69) is 4.98 Å². The number of nitrogens with two attached hydrogens (primary N) is 1. The molecule has 1 aromatic rings. The molecule has 0 atom stereocenters. The molecule has 2 nitrogen and oxygen atoms in total. The second kappa shape index (κ2) is 4.64. The number of hydrogen-bond donors (Lipinski definition) is 1. The van der Waals surface area contributed by atoms with E-state index in [4.69, 9.17) is 17.4 Å². The Kier molecular flexibility index (Phi) is 3.76. The first-order chi connectivity index (χ1) is 5.38. The third kappa shape index (κ3) is 2.39. The van der Waals surface area contributed by atoms with Crippen molar-refractivity contribution in [3.05, 3.63) is 24.0 Å². The van der Waals surface area contributed by atoms with E-state index in [9.17, 15) is 0 Å². The average Bonchev–Trinajstić information content (AvgIpc) is 2.06. The van der Waals surface area contributed by atoms with Crippen LogP contribution < -0.4 is 5.73 Å². The molecule has 0 fully saturated rings. The normalized spacial score (nSPS) is 10.0. The molecule has 0 spiro atoms. The topological polar surface area (TPSA) is 38.9 Å². The lowest BCUT2D eigenvalue weighted by Gasteiger charge is -2.01. The Hall–Kier alpha value is -0.190. The third-order valence-electron chi connectivity index (χ3n) is 1.32. The molecule has 0 bridgehead atoms. The molecular weight excluding hydrogens is 176 g/mol. The molecule has 0 aliphatic heterocycles. The van der Waals surface area contributed by atoms with Crippen molar-refractivity contribution in [1.82, 2.24) is 4.98 Å². The molecule has 1 rings (SSSR count). The fourth-order valence-electron chi connectivity index (χ4n) is 0.824. The minimum atomic E-state index is 0.625. The van der Waals surface area contributed by atoms with Gasteiger partial charge in [-0.1, -0.05) is 0 Å². The maximum atomic E-state index is 5.40. The first-order valence-corrected chi connectivity index (χ1v) is 5.06. The Morgan fingerprint density at radius 3 is 3.09 bits per heavy atom. The van der Waals surface area contributed by atoms with Crippen LogP contribution in [0.3, 0.4) is 0 Å². The van der Waals surface area contributed by atoms with E-state index in [1.54, 1.807) is 6.20 Å². The molecular formula is C7H9N2S2. The monoisotopic (exact) mass is 185 g/mol. The zero-order valence-corrected chi connectivity index (χ0v) is 7.62. The molecule has 0 saturated heterocycles. The summed E-state index contributed by atoms with van der Waals surface area (Å²) in [5.41, 5.74) is 6.41. The van der Waals surface area contributed by atoms with Gasteiger partial charge in [-0.25, -0.2) is 0 Å². The fraction of sp³-hybridized carbons (Fsp3) is 0.286. The van der Waals surface area contributed by atoms with Crippen molar-refractivity contribution < 1.29 is 0 Å². The van der Waals surface area contributed by atoms with Crippen LogP contribution in [0.5, 0.6) is 0 Å². The first kappa shape index (κ1) is 8.90. The maximum Gasteiger partial charge on any atom is 0.0560 e. The second-order valence-corrected chi connectivity index (χ2v) is 3.18. The van der Waals surface area contributed by atoms with Gasteiger partial charge in [0.1, 0.15) is 0 Å². The Bertz CT molecular complexity index is 227. The van der Waals surface area contributed by atoms with Gasteiger partial charge in [0.25, 0.3) is 0 Å². The summed E-state index contributed by atoms with van der Waals surface area (Å²) in [5, 5.41) is 0. The maximum absolute atomic E-state index is 5.40. The van der Waals surface area contributed by atoms with Gasteiger partial charge in [-0.05, 0) is 41.1 Å². The van der Waals surface area contributed by atoms with Gasteiger partial charge in [-0.15, -0.1) is 0 Å². The number of rotatable bonds is 3. The zero-order chi connectivity index (χ0) is 8.10. The number of aromatic nitrogens is 1. The zero-order valence-electron chi connectivity index (χ0n) is 5.99. The predicted octanol–water partition coefficient (Wildman–Crippen LogP) is 1.79. The van der Waals surface area contributed by atoms with Crippen LogP contribution in [-0.4, -0.2) is 11.5 Å². The summed E-state index contributed by atoms with van der Waals surface area (Å²) < 4.78 is 0. The molecule has 11 heavy (non-hydrogen) atoms. The summed E-state index contributed by atoms with van der Waals surface area (Å²) in [6.45, 7) is 0.625. The largest absolute Gasteiger partial charge is 0.330 e. The van der Waals surface area contributed by atoms with E-state index in [0.29, 0.717) is 6.54 Å². The molecule has 4 heteroatoms. The van der Waals surface area contributed by atoms with Crippen LogP contribution >= 0.6 is 22.5 Å². The van der Waals surface area contributed by atoms with Crippen molar-refractivity contribution in [2.45, 2.75) is 11.3 Å². The van der Waals surface area contributed by atoms with Crippen LogP contribution in [0.4, 0.5) is 0 Å². The highest BCUT2D eigenvalue weighted by Crippen LogP contribution is 2.23. The van der Waals surface area contributed by atoms with Crippen molar-refractivity contribution in [3.8, 4) is 0 Å². The summed E-state index contributed by atoms with van der Waals surface area (Å²) in [6, 6.07) is 3.85. The van der Waals surface area contributed by atoms with E-state index in [-0.39, 0.29) is 0 Å². The van der Waals surface area contributed by atoms with Crippen molar-refractivity contribution in [2.24, 2.45) is 5.73 Å². The SMILES string of the molecule is NCCc1ncccc1S[S]. The van der Waals surface area contributed by atoms with E-state index in [0.717, 1.165) is 17.0 Å². The van der Waals surface area contributed by atoms with E-state index < -0.39 is 0 Å². The van der Waals surface area contributed by atoms with E-state index in [1.165, 1.54) is 10.8 Å². The summed E-state index contributed by atoms with van der Waals surface area (Å²) in [5.74, 6) is 0. The van der Waals surface area contributed by atoms with Crippen LogP contribution in [-0.2, 0) is 6.42 Å². The second-order valence-electron chi connectivity index (χ2n) is 2.07. The molecule has 1 heterocycles. The van der Waals surface area contributed by atoms with Crippen molar-refractivity contribution in [1.29, 1.82) is 0 Å². The van der Waals surface area contributed by atoms with Gasteiger partial charge in [0.2, 0.25) is 0 Å². The summed E-state index contributed by atoms with van der Waals surface area (Å²) >= 11 is 4.86. The third-order valence-corrected chi connectivity index (χ3v) is 2.41. The average molecular weight is 185 g/mol. The Labute approximate surface area is 75.4 Å². The number of hydrogen-bond acceptors (Lipinski definition) is 3. The molecule has 0 unspecified atom stereocenters. The van der Waals surface area contributed by atoms with Gasteiger partial charge in [-0.2, -0.15) is 0 Å². The molecule has 1 radical (unpaired) electrons. The van der Waals surface area contributed by atoms with Crippen LogP contribution in [0.25, 0.3) is 0 Å². The Morgan fingerprint density at radius 1 is 1.64 bits per heavy atom. The smallest absolute Gasteiger partial charge is 0.0560 e. The van der Waals surface area contributed by atoms with Crippen molar-refractivity contribution >= 4 is 22.5 Å². The molecule has 59 valence electrons. The Morgan fingerprint density at radius 2 is 2.45 bits per heavy atom. The molecule has 0 amide bonds. The van der Waals surface area contributed by atoms with Crippen molar-refractivity contribution in [3.63, 3.8) is 0 Å². The lowest BCUT2D eigenvalue weighted by Crippen LogP contribution is -2.04. The molecule has 0 aromatic carbocycles. The highest BCUT2D eigenvalue weighted by atomic mass is 33.1. The fourth-order valence-corrected chi connectivity index (χ4v) is 1.66. The highest BCUT2D eigenvalue weighted by Gasteiger charge is 1.99. The molecule has 1 aromatic heterocycles. The quantitative estimate of drug-likeness (QED) is 0.730. The summed E-state index contributed by atoms with van der Waals surface area (Å²) in [6.07, 6.45) is 2.57. The van der Waals surface area contributed by atoms with Crippen molar-refractivity contribution in [2.75, 3.05) is 6.54 Å². The van der Waals surface area contributed by atoms with E-state index in [1.807, 2.05) is 12.1 Å². The standard InChI is InChI=1S/C7H9N2S2/c8-4-3-6-7(11-10)2-1-5-9-6/h1-2,5H,3-4,8H2. The molecule has 0 aliphatic rings. The van der Waals surface area contributed by atoms with Crippen LogP contribution in [0.2, 0.25) is 0 Å². The van der Waals surface area contributed by atoms with Gasteiger partial charge in [0.05, 0.1) is 5.69 Å². The lowest BCUT2D eigenvalue weighted by molar-refractivity contribution is 0.893. The summed E-state index contributed by atoms with van der Waals surface area (Å²) in [4.78, 5) is 5.22. The van der Waals surface area contributed by atoms with Gasteiger partial charge in [0, 0.05) is 17.5 Å². The first-order valence-electron chi connectivity index (χ1n) is 3.32.